The van der Waals surface area contributed by atoms with E-state index in [1.165, 1.54) is 0 Å². The van der Waals surface area contributed by atoms with Crippen molar-refractivity contribution < 1.29 is 17.6 Å². The van der Waals surface area contributed by atoms with Crippen LogP contribution in [0.15, 0.2) is 18.2 Å². The lowest BCUT2D eigenvalue weighted by Gasteiger charge is -2.09. The van der Waals surface area contributed by atoms with Crippen LogP contribution in [-0.4, -0.2) is 5.37 Å². The number of alkyl halides is 3. The molecule has 0 spiro atoms. The van der Waals surface area contributed by atoms with Crippen molar-refractivity contribution >= 4 is 17.6 Å². The van der Waals surface area contributed by atoms with Crippen LogP contribution >= 0.6 is 12.2 Å². The predicted molar refractivity (Wildman–Crippen MR) is 43.1 cm³/mol. The number of hydrogen-bond acceptors (Lipinski definition) is 1. The predicted octanol–water partition coefficient (Wildman–Crippen LogP) is 3.07. The van der Waals surface area contributed by atoms with Crippen molar-refractivity contribution in [1.82, 2.24) is 0 Å². The molecule has 0 amide bonds. The maximum Gasteiger partial charge on any atom is 0.417 e. The molecule has 1 aromatic rings. The first-order valence-corrected chi connectivity index (χ1v) is 3.61. The molecule has 1 radical (unpaired) electrons. The van der Waals surface area contributed by atoms with Crippen molar-refractivity contribution in [2.75, 3.05) is 0 Å². The summed E-state index contributed by atoms with van der Waals surface area (Å²) in [4.78, 5) is 0. The van der Waals surface area contributed by atoms with Crippen LogP contribution in [0.3, 0.4) is 0 Å². The van der Waals surface area contributed by atoms with Crippen molar-refractivity contribution in [3.8, 4) is 0 Å². The lowest BCUT2D eigenvalue weighted by molar-refractivity contribution is -0.137. The van der Waals surface area contributed by atoms with E-state index >= 15 is 0 Å². The fourth-order valence-electron chi connectivity index (χ4n) is 0.864. The monoisotopic (exact) mass is 207 g/mol. The molecule has 0 atom stereocenters. The van der Waals surface area contributed by atoms with Crippen LogP contribution in [0.4, 0.5) is 17.6 Å². The molecule has 0 saturated heterocycles. The first-order chi connectivity index (χ1) is 5.96. The minimum Gasteiger partial charge on any atom is -0.206 e. The zero-order valence-electron chi connectivity index (χ0n) is 6.15. The van der Waals surface area contributed by atoms with Gasteiger partial charge in [0.2, 0.25) is 0 Å². The van der Waals surface area contributed by atoms with E-state index in [0.29, 0.717) is 0 Å². The fraction of sp³-hybridized carbons (Fsp3) is 0.125. The Morgan fingerprint density at radius 3 is 2.23 bits per heavy atom. The molecule has 5 heteroatoms. The Morgan fingerprint density at radius 2 is 1.85 bits per heavy atom. The zero-order valence-corrected chi connectivity index (χ0v) is 6.97. The molecule has 0 aromatic heterocycles. The maximum atomic E-state index is 12.8. The Bertz CT molecular complexity index is 329. The Morgan fingerprint density at radius 1 is 1.23 bits per heavy atom. The van der Waals surface area contributed by atoms with Crippen molar-refractivity contribution in [3.05, 3.63) is 35.1 Å². The summed E-state index contributed by atoms with van der Waals surface area (Å²) in [6.07, 6.45) is -4.59. The standard InChI is InChI=1S/C8H3F4S/c9-7-3-1-2-6(5(7)4-13)8(10,11)12/h1-3H. The fourth-order valence-corrected chi connectivity index (χ4v) is 1.07. The van der Waals surface area contributed by atoms with Gasteiger partial charge in [-0.25, -0.2) is 4.39 Å². The second kappa shape index (κ2) is 3.41. The summed E-state index contributed by atoms with van der Waals surface area (Å²) >= 11 is 4.17. The summed E-state index contributed by atoms with van der Waals surface area (Å²) in [6.45, 7) is 0. The first kappa shape index (κ1) is 10.1. The van der Waals surface area contributed by atoms with Gasteiger partial charge < -0.3 is 0 Å². The normalized spacial score (nSPS) is 11.4. The van der Waals surface area contributed by atoms with Crippen molar-refractivity contribution in [2.24, 2.45) is 0 Å². The van der Waals surface area contributed by atoms with Crippen LogP contribution in [0.5, 0.6) is 0 Å². The average Bonchev–Trinajstić information content (AvgIpc) is 2.02. The van der Waals surface area contributed by atoms with Gasteiger partial charge in [-0.05, 0) is 12.1 Å². The topological polar surface area (TPSA) is 0 Å². The molecule has 13 heavy (non-hydrogen) atoms. The van der Waals surface area contributed by atoms with E-state index < -0.39 is 23.1 Å². The molecule has 0 unspecified atom stereocenters. The SMILES string of the molecule is Fc1cccc(C(F)(F)F)c1[C]=S. The highest BCUT2D eigenvalue weighted by Gasteiger charge is 2.33. The second-order valence-corrected chi connectivity index (χ2v) is 2.47. The van der Waals surface area contributed by atoms with Gasteiger partial charge >= 0.3 is 6.18 Å². The molecule has 0 fully saturated rings. The minimum absolute atomic E-state index is 0.704. The Hall–Kier alpha value is -0.970. The number of halogens is 4. The van der Waals surface area contributed by atoms with E-state index in [2.05, 4.69) is 12.2 Å². The van der Waals surface area contributed by atoms with E-state index in [1.54, 1.807) is 5.37 Å². The van der Waals surface area contributed by atoms with Gasteiger partial charge in [-0.15, -0.1) is 0 Å². The lowest BCUT2D eigenvalue weighted by Crippen LogP contribution is -2.09. The largest absolute Gasteiger partial charge is 0.417 e. The molecule has 0 N–H and O–H groups in total. The Balaban J connectivity index is 3.37. The number of thiocarbonyl (C=S) groups is 1. The summed E-state index contributed by atoms with van der Waals surface area (Å²) in [5, 5.41) is 1.76. The van der Waals surface area contributed by atoms with Crippen LogP contribution in [0.1, 0.15) is 11.1 Å². The summed E-state index contributed by atoms with van der Waals surface area (Å²) in [5.41, 5.74) is -1.80. The van der Waals surface area contributed by atoms with E-state index in [4.69, 9.17) is 0 Å². The van der Waals surface area contributed by atoms with Gasteiger partial charge in [0.25, 0.3) is 0 Å². The van der Waals surface area contributed by atoms with Gasteiger partial charge in [-0.2, -0.15) is 13.2 Å². The quantitative estimate of drug-likeness (QED) is 0.503. The smallest absolute Gasteiger partial charge is 0.206 e. The third-order valence-electron chi connectivity index (χ3n) is 1.42. The second-order valence-electron chi connectivity index (χ2n) is 2.26. The summed E-state index contributed by atoms with van der Waals surface area (Å²) < 4.78 is 49.2. The highest BCUT2D eigenvalue weighted by atomic mass is 32.1. The lowest BCUT2D eigenvalue weighted by atomic mass is 10.1. The maximum absolute atomic E-state index is 12.8. The van der Waals surface area contributed by atoms with Gasteiger partial charge in [0.05, 0.1) is 10.9 Å². The van der Waals surface area contributed by atoms with Crippen LogP contribution in [-0.2, 0) is 6.18 Å². The van der Waals surface area contributed by atoms with Gasteiger partial charge in [-0.1, -0.05) is 18.3 Å². The molecule has 0 bridgehead atoms. The van der Waals surface area contributed by atoms with E-state index in [-0.39, 0.29) is 0 Å². The van der Waals surface area contributed by atoms with Crippen LogP contribution < -0.4 is 0 Å². The molecule has 0 saturated carbocycles. The zero-order chi connectivity index (χ0) is 10.1. The average molecular weight is 207 g/mol. The molecule has 1 aromatic carbocycles. The van der Waals surface area contributed by atoms with Gasteiger partial charge in [0.15, 0.2) is 0 Å². The summed E-state index contributed by atoms with van der Waals surface area (Å²) in [6, 6.07) is 2.65. The molecular weight excluding hydrogens is 204 g/mol. The Kier molecular flexibility index (Phi) is 2.66. The summed E-state index contributed by atoms with van der Waals surface area (Å²) in [7, 11) is 0. The van der Waals surface area contributed by atoms with E-state index in [9.17, 15) is 17.6 Å². The summed E-state index contributed by atoms with van der Waals surface area (Å²) in [5.74, 6) is -1.01. The molecule has 0 aliphatic heterocycles. The molecule has 0 aliphatic carbocycles. The number of hydrogen-bond donors (Lipinski definition) is 0. The van der Waals surface area contributed by atoms with Crippen molar-refractivity contribution in [1.29, 1.82) is 0 Å². The Labute approximate surface area is 77.2 Å². The van der Waals surface area contributed by atoms with Gasteiger partial charge in [0.1, 0.15) is 5.82 Å². The first-order valence-electron chi connectivity index (χ1n) is 3.20. The minimum atomic E-state index is -4.59. The highest BCUT2D eigenvalue weighted by Crippen LogP contribution is 2.32. The van der Waals surface area contributed by atoms with Gasteiger partial charge in [-0.3, -0.25) is 0 Å². The molecule has 1 rings (SSSR count). The molecule has 0 heterocycles. The van der Waals surface area contributed by atoms with Crippen LogP contribution in [0.2, 0.25) is 0 Å². The van der Waals surface area contributed by atoms with Crippen LogP contribution in [0.25, 0.3) is 0 Å². The molecule has 0 aliphatic rings. The van der Waals surface area contributed by atoms with Crippen molar-refractivity contribution in [3.63, 3.8) is 0 Å². The van der Waals surface area contributed by atoms with E-state index in [0.717, 1.165) is 18.2 Å². The number of benzene rings is 1. The van der Waals surface area contributed by atoms with Gasteiger partial charge in [0, 0.05) is 5.56 Å². The van der Waals surface area contributed by atoms with Crippen molar-refractivity contribution in [2.45, 2.75) is 6.18 Å². The van der Waals surface area contributed by atoms with E-state index in [1.807, 2.05) is 0 Å². The highest BCUT2D eigenvalue weighted by molar-refractivity contribution is 7.79. The third-order valence-corrected chi connectivity index (χ3v) is 1.63. The molecule has 69 valence electrons. The molecular formula is C8H3F4S. The third kappa shape index (κ3) is 2.03. The van der Waals surface area contributed by atoms with Crippen LogP contribution in [0, 0.1) is 5.82 Å². The molecule has 0 nitrogen and oxygen atoms in total. The number of rotatable bonds is 1.